The third kappa shape index (κ3) is 4.78. The van der Waals surface area contributed by atoms with Gasteiger partial charge in [0.1, 0.15) is 12.2 Å². The number of esters is 2. The number of ether oxygens (including phenoxy) is 4. The van der Waals surface area contributed by atoms with Crippen molar-refractivity contribution in [2.24, 2.45) is 0 Å². The van der Waals surface area contributed by atoms with E-state index in [4.69, 9.17) is 24.1 Å². The van der Waals surface area contributed by atoms with E-state index in [0.29, 0.717) is 17.1 Å². The molecule has 0 spiro atoms. The number of aromatic carboxylic acids is 1. The molecule has 8 nitrogen and oxygen atoms in total. The molecule has 2 aromatic carbocycles. The molecule has 1 fully saturated rings. The van der Waals surface area contributed by atoms with Crippen LogP contribution in [-0.4, -0.2) is 35.9 Å². The van der Waals surface area contributed by atoms with E-state index in [0.717, 1.165) is 5.56 Å². The minimum Gasteiger partial charge on any atom is -0.493 e. The van der Waals surface area contributed by atoms with Crippen molar-refractivity contribution in [2.75, 3.05) is 7.11 Å². The van der Waals surface area contributed by atoms with Gasteiger partial charge < -0.3 is 24.1 Å². The first-order valence-corrected chi connectivity index (χ1v) is 9.00. The van der Waals surface area contributed by atoms with E-state index in [2.05, 4.69) is 0 Å². The zero-order chi connectivity index (χ0) is 21.9. The monoisotopic (exact) mass is 412 g/mol. The molecule has 8 heteroatoms. The molecule has 0 atom stereocenters. The Labute approximate surface area is 172 Å². The zero-order valence-electron chi connectivity index (χ0n) is 16.6. The highest BCUT2D eigenvalue weighted by molar-refractivity contribution is 6.18. The Bertz CT molecular complexity index is 996. The fourth-order valence-electron chi connectivity index (χ4n) is 2.74. The van der Waals surface area contributed by atoms with Gasteiger partial charge in [0, 0.05) is 13.8 Å². The topological polar surface area (TPSA) is 108 Å². The molecule has 30 heavy (non-hydrogen) atoms. The lowest BCUT2D eigenvalue weighted by atomic mass is 10.1. The molecule has 1 aliphatic rings. The van der Waals surface area contributed by atoms with Crippen LogP contribution in [-0.2, 0) is 25.7 Å². The molecular weight excluding hydrogens is 392 g/mol. The van der Waals surface area contributed by atoms with Gasteiger partial charge in [0.15, 0.2) is 11.5 Å². The van der Waals surface area contributed by atoms with E-state index in [1.54, 1.807) is 30.3 Å². The molecule has 0 saturated carbocycles. The molecule has 1 saturated heterocycles. The van der Waals surface area contributed by atoms with Gasteiger partial charge in [-0.3, -0.25) is 0 Å². The molecule has 1 N–H and O–H groups in total. The highest BCUT2D eigenvalue weighted by atomic mass is 16.7. The van der Waals surface area contributed by atoms with E-state index in [9.17, 15) is 14.4 Å². The number of carboxylic acid groups (broad SMARTS) is 1. The van der Waals surface area contributed by atoms with Crippen molar-refractivity contribution in [1.82, 2.24) is 0 Å². The highest BCUT2D eigenvalue weighted by Gasteiger charge is 2.38. The van der Waals surface area contributed by atoms with Gasteiger partial charge in [0.2, 0.25) is 0 Å². The molecule has 0 unspecified atom stereocenters. The summed E-state index contributed by atoms with van der Waals surface area (Å²) in [5.41, 5.74) is 1.28. The quantitative estimate of drug-likeness (QED) is 0.438. The maximum Gasteiger partial charge on any atom is 0.348 e. The Morgan fingerprint density at radius 3 is 2.23 bits per heavy atom. The Hall–Kier alpha value is -3.81. The van der Waals surface area contributed by atoms with Crippen molar-refractivity contribution >= 4 is 24.0 Å². The summed E-state index contributed by atoms with van der Waals surface area (Å²) in [6, 6.07) is 11.2. The first kappa shape index (κ1) is 20.9. The molecule has 0 amide bonds. The summed E-state index contributed by atoms with van der Waals surface area (Å²) in [4.78, 5) is 35.1. The van der Waals surface area contributed by atoms with Gasteiger partial charge in [0.05, 0.1) is 12.7 Å². The SMILES string of the molecule is COc1cc(C=C2C(=O)OC(C)(C)OC2=O)ccc1OCc1ccc(C(=O)O)cc1. The average molecular weight is 412 g/mol. The van der Waals surface area contributed by atoms with Crippen molar-refractivity contribution in [2.45, 2.75) is 26.2 Å². The Kier molecular flexibility index (Phi) is 5.77. The summed E-state index contributed by atoms with van der Waals surface area (Å²) < 4.78 is 21.2. The van der Waals surface area contributed by atoms with Gasteiger partial charge in [-0.2, -0.15) is 0 Å². The van der Waals surface area contributed by atoms with Crippen LogP contribution in [0.2, 0.25) is 0 Å². The van der Waals surface area contributed by atoms with Crippen LogP contribution < -0.4 is 9.47 Å². The number of methoxy groups -OCH3 is 1. The number of carbonyl (C=O) groups excluding carboxylic acids is 2. The Morgan fingerprint density at radius 2 is 1.67 bits per heavy atom. The second-order valence-corrected chi connectivity index (χ2v) is 6.94. The average Bonchev–Trinajstić information content (AvgIpc) is 2.69. The third-order valence-electron chi connectivity index (χ3n) is 4.21. The van der Waals surface area contributed by atoms with E-state index in [1.807, 2.05) is 0 Å². The summed E-state index contributed by atoms with van der Waals surface area (Å²) in [7, 11) is 1.46. The summed E-state index contributed by atoms with van der Waals surface area (Å²) in [6.07, 6.45) is 1.36. The fourth-order valence-corrected chi connectivity index (χ4v) is 2.74. The number of carboxylic acids is 1. The molecule has 0 bridgehead atoms. The minimum atomic E-state index is -1.30. The number of benzene rings is 2. The van der Waals surface area contributed by atoms with Gasteiger partial charge >= 0.3 is 17.9 Å². The predicted octanol–water partition coefficient (Wildman–Crippen LogP) is 3.19. The fraction of sp³-hybridized carbons (Fsp3) is 0.227. The lowest BCUT2D eigenvalue weighted by Crippen LogP contribution is -2.41. The first-order valence-electron chi connectivity index (χ1n) is 9.00. The molecule has 0 aliphatic carbocycles. The molecule has 2 aromatic rings. The van der Waals surface area contributed by atoms with Crippen LogP contribution in [0.3, 0.4) is 0 Å². The zero-order valence-corrected chi connectivity index (χ0v) is 16.6. The van der Waals surface area contributed by atoms with Gasteiger partial charge in [-0.25, -0.2) is 14.4 Å². The van der Waals surface area contributed by atoms with Crippen molar-refractivity contribution in [3.8, 4) is 11.5 Å². The Balaban J connectivity index is 1.75. The van der Waals surface area contributed by atoms with Gasteiger partial charge in [-0.05, 0) is 41.5 Å². The van der Waals surface area contributed by atoms with Crippen LogP contribution in [0.1, 0.15) is 35.3 Å². The van der Waals surface area contributed by atoms with Crippen LogP contribution in [0.4, 0.5) is 0 Å². The number of hydrogen-bond donors (Lipinski definition) is 1. The summed E-state index contributed by atoms with van der Waals surface area (Å²) in [5, 5.41) is 8.94. The third-order valence-corrected chi connectivity index (χ3v) is 4.21. The van der Waals surface area contributed by atoms with Crippen LogP contribution >= 0.6 is 0 Å². The van der Waals surface area contributed by atoms with E-state index < -0.39 is 23.7 Å². The Morgan fingerprint density at radius 1 is 1.03 bits per heavy atom. The number of hydrogen-bond acceptors (Lipinski definition) is 7. The van der Waals surface area contributed by atoms with E-state index >= 15 is 0 Å². The molecule has 1 heterocycles. The van der Waals surface area contributed by atoms with E-state index in [-0.39, 0.29) is 17.7 Å². The summed E-state index contributed by atoms with van der Waals surface area (Å²) in [5.74, 6) is -2.99. The van der Waals surface area contributed by atoms with E-state index in [1.165, 1.54) is 39.2 Å². The van der Waals surface area contributed by atoms with Crippen molar-refractivity contribution < 1.29 is 38.4 Å². The maximum absolute atomic E-state index is 12.1. The smallest absolute Gasteiger partial charge is 0.348 e. The number of carbonyl (C=O) groups is 3. The molecule has 0 radical (unpaired) electrons. The van der Waals surface area contributed by atoms with Crippen LogP contribution in [0.5, 0.6) is 11.5 Å². The van der Waals surface area contributed by atoms with Gasteiger partial charge in [0.25, 0.3) is 5.79 Å². The molecule has 1 aliphatic heterocycles. The normalized spacial score (nSPS) is 15.1. The molecule has 0 aromatic heterocycles. The van der Waals surface area contributed by atoms with Crippen LogP contribution in [0.15, 0.2) is 48.0 Å². The lowest BCUT2D eigenvalue weighted by molar-refractivity contribution is -0.222. The largest absolute Gasteiger partial charge is 0.493 e. The van der Waals surface area contributed by atoms with Crippen molar-refractivity contribution in [3.05, 3.63) is 64.7 Å². The second-order valence-electron chi connectivity index (χ2n) is 6.94. The predicted molar refractivity (Wildman–Crippen MR) is 105 cm³/mol. The number of cyclic esters (lactones) is 2. The molecule has 3 rings (SSSR count). The lowest BCUT2D eigenvalue weighted by Gasteiger charge is -2.29. The second kappa shape index (κ2) is 8.28. The first-order chi connectivity index (χ1) is 14.2. The van der Waals surface area contributed by atoms with Crippen molar-refractivity contribution in [1.29, 1.82) is 0 Å². The summed E-state index contributed by atoms with van der Waals surface area (Å²) in [6.45, 7) is 3.15. The summed E-state index contributed by atoms with van der Waals surface area (Å²) >= 11 is 0. The molecule has 156 valence electrons. The van der Waals surface area contributed by atoms with Gasteiger partial charge in [-0.15, -0.1) is 0 Å². The highest BCUT2D eigenvalue weighted by Crippen LogP contribution is 2.31. The van der Waals surface area contributed by atoms with Gasteiger partial charge in [-0.1, -0.05) is 18.2 Å². The minimum absolute atomic E-state index is 0.192. The van der Waals surface area contributed by atoms with Crippen LogP contribution in [0, 0.1) is 0 Å². The van der Waals surface area contributed by atoms with Crippen molar-refractivity contribution in [3.63, 3.8) is 0 Å². The standard InChI is InChI=1S/C22H20O8/c1-22(2)29-20(25)16(21(26)30-22)10-14-6-9-17(18(11-14)27-3)28-12-13-4-7-15(8-5-13)19(23)24/h4-11H,12H2,1-3H3,(H,23,24). The maximum atomic E-state index is 12.1. The number of rotatable bonds is 6. The molecular formula is C22H20O8. The van der Waals surface area contributed by atoms with Crippen LogP contribution in [0.25, 0.3) is 6.08 Å².